The molecule has 2 fully saturated rings. The summed E-state index contributed by atoms with van der Waals surface area (Å²) in [5.41, 5.74) is 2.04. The number of aliphatic imine (C=N–C) groups is 1. The maximum atomic E-state index is 15.4. The molecule has 12 nitrogen and oxygen atoms in total. The molecular formula is C35H32ClFN6O6S. The predicted molar refractivity (Wildman–Crippen MR) is 188 cm³/mol. The van der Waals surface area contributed by atoms with Gasteiger partial charge in [-0.2, -0.15) is 0 Å². The van der Waals surface area contributed by atoms with Gasteiger partial charge in [-0.3, -0.25) is 9.69 Å². The van der Waals surface area contributed by atoms with Crippen molar-refractivity contribution in [2.45, 2.75) is 11.0 Å². The van der Waals surface area contributed by atoms with E-state index in [1.54, 1.807) is 71.5 Å². The number of rotatable bonds is 7. The Morgan fingerprint density at radius 1 is 1.02 bits per heavy atom. The maximum absolute atomic E-state index is 15.4. The fourth-order valence-electron chi connectivity index (χ4n) is 6.03. The first-order valence-electron chi connectivity index (χ1n) is 15.8. The van der Waals surface area contributed by atoms with Gasteiger partial charge in [0.2, 0.25) is 11.9 Å². The smallest absolute Gasteiger partial charge is 0.414 e. The van der Waals surface area contributed by atoms with E-state index in [1.807, 2.05) is 23.1 Å². The Morgan fingerprint density at radius 2 is 1.78 bits per heavy atom. The molecule has 2 saturated heterocycles. The second-order valence-corrected chi connectivity index (χ2v) is 14.0. The van der Waals surface area contributed by atoms with E-state index in [0.29, 0.717) is 59.8 Å². The standard InChI is InChI=1S/C35H32ClFN6O6S/c1-40-30-4-2-3-5-32(30)50(46,47)39-34(40)38-21-27-22-43(35(45)49-27)25-10-13-29(28(37)20-25)41-16-18-42(19-17-41)33(44)15-12-26-11-14-31(48-26)23-6-8-24(36)9-7-23/h2-15,20,27H,16-19,21-22H2,1H3,(H,38,39)/b15-12+. The van der Waals surface area contributed by atoms with E-state index >= 15 is 4.39 Å². The third-order valence-corrected chi connectivity index (χ3v) is 10.3. The number of benzene rings is 3. The van der Waals surface area contributed by atoms with E-state index < -0.39 is 28.0 Å². The molecule has 0 bridgehead atoms. The Bertz CT molecular complexity index is 2110. The monoisotopic (exact) mass is 718 g/mol. The third kappa shape index (κ3) is 6.76. The number of amides is 2. The number of hydrogen-bond donors (Lipinski definition) is 1. The van der Waals surface area contributed by atoms with Crippen LogP contribution in [0.1, 0.15) is 5.76 Å². The molecule has 3 aliphatic rings. The second-order valence-electron chi connectivity index (χ2n) is 11.9. The molecule has 1 aromatic heterocycles. The summed E-state index contributed by atoms with van der Waals surface area (Å²) in [6.45, 7) is 1.76. The molecule has 3 aliphatic heterocycles. The molecule has 0 aliphatic carbocycles. The van der Waals surface area contributed by atoms with Crippen LogP contribution in [-0.2, 0) is 19.6 Å². The van der Waals surface area contributed by atoms with Crippen LogP contribution in [0.15, 0.2) is 99.2 Å². The van der Waals surface area contributed by atoms with Crippen LogP contribution in [-0.4, -0.2) is 83.7 Å². The number of para-hydroxylation sites is 1. The molecule has 4 aromatic rings. The third-order valence-electron chi connectivity index (χ3n) is 8.70. The fourth-order valence-corrected chi connectivity index (χ4v) is 7.45. The van der Waals surface area contributed by atoms with Crippen LogP contribution in [0.2, 0.25) is 5.02 Å². The summed E-state index contributed by atoms with van der Waals surface area (Å²) < 4.78 is 54.6. The van der Waals surface area contributed by atoms with Crippen molar-refractivity contribution in [3.05, 3.63) is 102 Å². The van der Waals surface area contributed by atoms with Gasteiger partial charge in [-0.15, -0.1) is 0 Å². The minimum atomic E-state index is -3.80. The summed E-state index contributed by atoms with van der Waals surface area (Å²) in [6, 6.07) is 22.0. The molecule has 4 heterocycles. The van der Waals surface area contributed by atoms with E-state index in [2.05, 4.69) is 9.71 Å². The minimum Gasteiger partial charge on any atom is -0.457 e. The van der Waals surface area contributed by atoms with E-state index in [0.717, 1.165) is 5.56 Å². The van der Waals surface area contributed by atoms with Crippen molar-refractivity contribution in [3.8, 4) is 11.3 Å². The Balaban J connectivity index is 0.930. The van der Waals surface area contributed by atoms with Crippen molar-refractivity contribution >= 4 is 62.7 Å². The van der Waals surface area contributed by atoms with Crippen LogP contribution in [0.3, 0.4) is 0 Å². The lowest BCUT2D eigenvalue weighted by atomic mass is 10.2. The van der Waals surface area contributed by atoms with Crippen molar-refractivity contribution in [2.24, 2.45) is 4.99 Å². The van der Waals surface area contributed by atoms with E-state index in [4.69, 9.17) is 20.8 Å². The van der Waals surface area contributed by atoms with Crippen molar-refractivity contribution < 1.29 is 31.6 Å². The van der Waals surface area contributed by atoms with Crippen molar-refractivity contribution in [1.82, 2.24) is 9.62 Å². The molecule has 15 heteroatoms. The Hall–Kier alpha value is -5.34. The molecule has 0 radical (unpaired) electrons. The largest absolute Gasteiger partial charge is 0.457 e. The first-order valence-corrected chi connectivity index (χ1v) is 17.7. The lowest BCUT2D eigenvalue weighted by molar-refractivity contribution is -0.126. The summed E-state index contributed by atoms with van der Waals surface area (Å²) in [4.78, 5) is 36.6. The highest BCUT2D eigenvalue weighted by Gasteiger charge is 2.35. The number of sulfonamides is 1. The number of nitrogens with zero attached hydrogens (tertiary/aromatic N) is 5. The lowest BCUT2D eigenvalue weighted by Crippen LogP contribution is -2.48. The van der Waals surface area contributed by atoms with Gasteiger partial charge in [0, 0.05) is 49.9 Å². The van der Waals surface area contributed by atoms with Crippen LogP contribution in [0, 0.1) is 5.82 Å². The summed E-state index contributed by atoms with van der Waals surface area (Å²) in [6.07, 6.45) is 1.77. The molecule has 0 spiro atoms. The number of carbonyl (C=O) groups is 2. The highest BCUT2D eigenvalue weighted by atomic mass is 35.5. The van der Waals surface area contributed by atoms with Crippen LogP contribution in [0.25, 0.3) is 17.4 Å². The number of fused-ring (bicyclic) bond motifs is 1. The number of piperazine rings is 1. The average Bonchev–Trinajstić information content (AvgIpc) is 3.75. The van der Waals surface area contributed by atoms with Gasteiger partial charge in [-0.1, -0.05) is 23.7 Å². The molecule has 1 atom stereocenters. The van der Waals surface area contributed by atoms with Gasteiger partial charge in [0.15, 0.2) is 0 Å². The molecule has 0 saturated carbocycles. The number of nitrogens with one attached hydrogen (secondary N) is 1. The Kier molecular flexibility index (Phi) is 8.97. The number of ether oxygens (including phenoxy) is 1. The fraction of sp³-hybridized carbons (Fsp3) is 0.229. The highest BCUT2D eigenvalue weighted by molar-refractivity contribution is 7.90. The SMILES string of the molecule is CN1C(=NCC2CN(c3ccc(N4CCN(C(=O)/C=C/c5ccc(-c6ccc(Cl)cc6)o5)CC4)c(F)c3)C(=O)O2)NS(=O)(=O)c2ccccc21. The number of guanidine groups is 1. The Labute approximate surface area is 293 Å². The topological polar surface area (TPSA) is 128 Å². The predicted octanol–water partition coefficient (Wildman–Crippen LogP) is 5.21. The zero-order chi connectivity index (χ0) is 35.0. The first-order chi connectivity index (χ1) is 24.1. The van der Waals surface area contributed by atoms with Crippen molar-refractivity contribution in [2.75, 3.05) is 61.0 Å². The first kappa shape index (κ1) is 33.2. The number of carbonyl (C=O) groups excluding carboxylic acids is 2. The average molecular weight is 719 g/mol. The van der Waals surface area contributed by atoms with Crippen molar-refractivity contribution in [1.29, 1.82) is 0 Å². The summed E-state index contributed by atoms with van der Waals surface area (Å²) in [5, 5.41) is 0.633. The van der Waals surface area contributed by atoms with Gasteiger partial charge in [-0.25, -0.2) is 27.3 Å². The number of cyclic esters (lactones) is 1. The maximum Gasteiger partial charge on any atom is 0.414 e. The van der Waals surface area contributed by atoms with Gasteiger partial charge in [0.1, 0.15) is 28.3 Å². The lowest BCUT2D eigenvalue weighted by Gasteiger charge is -2.36. The Morgan fingerprint density at radius 3 is 2.54 bits per heavy atom. The molecular weight excluding hydrogens is 687 g/mol. The van der Waals surface area contributed by atoms with Crippen molar-refractivity contribution in [3.63, 3.8) is 0 Å². The van der Waals surface area contributed by atoms with Crippen LogP contribution < -0.4 is 19.4 Å². The molecule has 1 unspecified atom stereocenters. The molecule has 7 rings (SSSR count). The molecule has 1 N–H and O–H groups in total. The number of halogens is 2. The summed E-state index contributed by atoms with van der Waals surface area (Å²) >= 11 is 5.96. The normalized spacial score (nSPS) is 19.5. The van der Waals surface area contributed by atoms with Gasteiger partial charge >= 0.3 is 6.09 Å². The molecule has 50 heavy (non-hydrogen) atoms. The second kappa shape index (κ2) is 13.5. The quantitative estimate of drug-likeness (QED) is 0.258. The van der Waals surface area contributed by atoms with Gasteiger partial charge in [0.25, 0.3) is 10.0 Å². The molecule has 3 aromatic carbocycles. The zero-order valence-corrected chi connectivity index (χ0v) is 28.4. The van der Waals surface area contributed by atoms with Crippen LogP contribution in [0.5, 0.6) is 0 Å². The van der Waals surface area contributed by atoms with Gasteiger partial charge < -0.3 is 23.9 Å². The van der Waals surface area contributed by atoms with Crippen LogP contribution in [0.4, 0.5) is 26.2 Å². The highest BCUT2D eigenvalue weighted by Crippen LogP contribution is 2.30. The minimum absolute atomic E-state index is 0.00267. The van der Waals surface area contributed by atoms with Crippen LogP contribution >= 0.6 is 11.6 Å². The summed E-state index contributed by atoms with van der Waals surface area (Å²) in [5.74, 6) is 0.631. The zero-order valence-electron chi connectivity index (χ0n) is 26.8. The number of hydrogen-bond acceptors (Lipinski definition) is 8. The van der Waals surface area contributed by atoms with E-state index in [9.17, 15) is 18.0 Å². The molecule has 258 valence electrons. The van der Waals surface area contributed by atoms with E-state index in [-0.39, 0.29) is 29.9 Å². The number of furan rings is 1. The molecule has 2 amide bonds. The van der Waals surface area contributed by atoms with E-state index in [1.165, 1.54) is 23.1 Å². The van der Waals surface area contributed by atoms with Gasteiger partial charge in [-0.05, 0) is 72.8 Å². The number of anilines is 3. The summed E-state index contributed by atoms with van der Waals surface area (Å²) in [7, 11) is -2.11. The van der Waals surface area contributed by atoms with Gasteiger partial charge in [0.05, 0.1) is 30.2 Å².